The molecule has 1 saturated heterocycles. The van der Waals surface area contributed by atoms with Crippen molar-refractivity contribution in [1.82, 2.24) is 14.7 Å². The van der Waals surface area contributed by atoms with Crippen molar-refractivity contribution in [3.05, 3.63) is 47.3 Å². The summed E-state index contributed by atoms with van der Waals surface area (Å²) >= 11 is 0. The maximum atomic E-state index is 12.7. The lowest BCUT2D eigenvalue weighted by Gasteiger charge is -2.34. The zero-order valence-electron chi connectivity index (χ0n) is 14.6. The van der Waals surface area contributed by atoms with Crippen molar-refractivity contribution in [2.45, 2.75) is 39.7 Å². The Labute approximate surface area is 142 Å². The van der Waals surface area contributed by atoms with E-state index in [2.05, 4.69) is 5.10 Å². The number of aliphatic hydroxyl groups is 1. The van der Waals surface area contributed by atoms with Crippen LogP contribution in [0.1, 0.15) is 41.5 Å². The number of carbonyl (C=O) groups is 1. The molecule has 2 aromatic rings. The molecule has 2 heterocycles. The van der Waals surface area contributed by atoms with Crippen molar-refractivity contribution >= 4 is 5.91 Å². The molecule has 1 aliphatic rings. The molecule has 128 valence electrons. The van der Waals surface area contributed by atoms with Gasteiger partial charge >= 0.3 is 0 Å². The number of amides is 1. The fourth-order valence-electron chi connectivity index (χ4n) is 3.41. The van der Waals surface area contributed by atoms with E-state index >= 15 is 0 Å². The minimum absolute atomic E-state index is 0.0419. The summed E-state index contributed by atoms with van der Waals surface area (Å²) in [6.45, 7) is 7.19. The minimum atomic E-state index is -0.367. The molecule has 0 spiro atoms. The van der Waals surface area contributed by atoms with Crippen molar-refractivity contribution < 1.29 is 9.90 Å². The lowest BCUT2D eigenvalue weighted by molar-refractivity contribution is 0.0466. The predicted octanol–water partition coefficient (Wildman–Crippen LogP) is 2.72. The molecular formula is C19H25N3O2. The Morgan fingerprint density at radius 2 is 2.00 bits per heavy atom. The molecule has 24 heavy (non-hydrogen) atoms. The van der Waals surface area contributed by atoms with E-state index in [4.69, 9.17) is 0 Å². The molecular weight excluding hydrogens is 302 g/mol. The second-order valence-corrected chi connectivity index (χ2v) is 6.78. The number of benzene rings is 1. The van der Waals surface area contributed by atoms with E-state index in [0.29, 0.717) is 12.1 Å². The predicted molar refractivity (Wildman–Crippen MR) is 93.3 cm³/mol. The molecule has 1 aromatic carbocycles. The van der Waals surface area contributed by atoms with Gasteiger partial charge in [0.05, 0.1) is 17.5 Å². The highest BCUT2D eigenvalue weighted by atomic mass is 16.3. The fourth-order valence-corrected chi connectivity index (χ4v) is 3.41. The normalized spacial score (nSPS) is 19.3. The second kappa shape index (κ2) is 6.77. The molecule has 1 fully saturated rings. The van der Waals surface area contributed by atoms with Gasteiger partial charge in [-0.05, 0) is 63.9 Å². The van der Waals surface area contributed by atoms with E-state index in [1.165, 1.54) is 0 Å². The molecule has 2 unspecified atom stereocenters. The van der Waals surface area contributed by atoms with Gasteiger partial charge in [0, 0.05) is 30.3 Å². The maximum absolute atomic E-state index is 12.7. The maximum Gasteiger partial charge on any atom is 0.253 e. The second-order valence-electron chi connectivity index (χ2n) is 6.78. The van der Waals surface area contributed by atoms with Crippen LogP contribution in [0, 0.1) is 19.8 Å². The Morgan fingerprint density at radius 1 is 1.29 bits per heavy atom. The third kappa shape index (κ3) is 3.36. The molecule has 5 heteroatoms. The van der Waals surface area contributed by atoms with Crippen molar-refractivity contribution in [3.63, 3.8) is 0 Å². The van der Waals surface area contributed by atoms with Crippen molar-refractivity contribution in [1.29, 1.82) is 0 Å². The summed E-state index contributed by atoms with van der Waals surface area (Å²) < 4.78 is 1.88. The Morgan fingerprint density at radius 3 is 2.58 bits per heavy atom. The molecule has 2 atom stereocenters. The summed E-state index contributed by atoms with van der Waals surface area (Å²) in [6.07, 6.45) is 1.57. The first-order valence-electron chi connectivity index (χ1n) is 8.57. The third-order valence-corrected chi connectivity index (χ3v) is 4.80. The number of hydrogen-bond acceptors (Lipinski definition) is 3. The van der Waals surface area contributed by atoms with E-state index in [-0.39, 0.29) is 17.9 Å². The van der Waals surface area contributed by atoms with Crippen LogP contribution in [0.5, 0.6) is 0 Å². The molecule has 0 radical (unpaired) electrons. The molecule has 1 N–H and O–H groups in total. The molecule has 0 saturated carbocycles. The third-order valence-electron chi connectivity index (χ3n) is 4.80. The van der Waals surface area contributed by atoms with Crippen LogP contribution < -0.4 is 0 Å². The van der Waals surface area contributed by atoms with Crippen LogP contribution in [0.4, 0.5) is 0 Å². The average Bonchev–Trinajstić information content (AvgIpc) is 2.93. The summed E-state index contributed by atoms with van der Waals surface area (Å²) in [6, 6.07) is 9.62. The molecule has 1 amide bonds. The quantitative estimate of drug-likeness (QED) is 0.943. The number of nitrogens with zero attached hydrogens (tertiary/aromatic N) is 3. The van der Waals surface area contributed by atoms with E-state index in [1.807, 2.05) is 60.7 Å². The number of piperidine rings is 1. The minimum Gasteiger partial charge on any atom is -0.393 e. The summed E-state index contributed by atoms with van der Waals surface area (Å²) in [5, 5.41) is 14.3. The highest BCUT2D eigenvalue weighted by Gasteiger charge is 2.27. The van der Waals surface area contributed by atoms with Gasteiger partial charge in [-0.15, -0.1) is 0 Å². The average molecular weight is 327 g/mol. The number of rotatable bonds is 3. The number of aliphatic hydroxyl groups excluding tert-OH is 1. The van der Waals surface area contributed by atoms with Gasteiger partial charge in [-0.2, -0.15) is 5.10 Å². The lowest BCUT2D eigenvalue weighted by atomic mass is 9.93. The van der Waals surface area contributed by atoms with Crippen LogP contribution in [-0.2, 0) is 0 Å². The zero-order valence-corrected chi connectivity index (χ0v) is 14.6. The van der Waals surface area contributed by atoms with Gasteiger partial charge in [0.2, 0.25) is 0 Å². The summed E-state index contributed by atoms with van der Waals surface area (Å²) in [5.74, 6) is 0.219. The van der Waals surface area contributed by atoms with E-state index in [0.717, 1.165) is 36.5 Å². The summed E-state index contributed by atoms with van der Waals surface area (Å²) in [5.41, 5.74) is 3.69. The van der Waals surface area contributed by atoms with Crippen LogP contribution >= 0.6 is 0 Å². The SMILES string of the molecule is Cc1cc(C)n(-c2ccc(C(=O)N3CCCC(C(C)O)C3)cc2)n1. The number of likely N-dealkylation sites (tertiary alicyclic amines) is 1. The van der Waals surface area contributed by atoms with Crippen LogP contribution in [0.2, 0.25) is 0 Å². The number of aromatic nitrogens is 2. The van der Waals surface area contributed by atoms with Crippen LogP contribution in [0.3, 0.4) is 0 Å². The Balaban J connectivity index is 1.75. The summed E-state index contributed by atoms with van der Waals surface area (Å²) in [7, 11) is 0. The van der Waals surface area contributed by atoms with Crippen LogP contribution in [0.15, 0.2) is 30.3 Å². The van der Waals surface area contributed by atoms with Gasteiger partial charge in [0.15, 0.2) is 0 Å². The first-order valence-corrected chi connectivity index (χ1v) is 8.57. The highest BCUT2D eigenvalue weighted by Crippen LogP contribution is 2.22. The molecule has 0 bridgehead atoms. The zero-order chi connectivity index (χ0) is 17.3. The monoisotopic (exact) mass is 327 g/mol. The fraction of sp³-hybridized carbons (Fsp3) is 0.474. The van der Waals surface area contributed by atoms with E-state index < -0.39 is 0 Å². The molecule has 3 rings (SSSR count). The largest absolute Gasteiger partial charge is 0.393 e. The van der Waals surface area contributed by atoms with Gasteiger partial charge in [-0.1, -0.05) is 0 Å². The Kier molecular flexibility index (Phi) is 4.71. The van der Waals surface area contributed by atoms with Gasteiger partial charge in [0.25, 0.3) is 5.91 Å². The van der Waals surface area contributed by atoms with Crippen molar-refractivity contribution in [3.8, 4) is 5.69 Å². The lowest BCUT2D eigenvalue weighted by Crippen LogP contribution is -2.42. The van der Waals surface area contributed by atoms with E-state index in [1.54, 1.807) is 0 Å². The number of carbonyl (C=O) groups excluding carboxylic acids is 1. The first kappa shape index (κ1) is 16.7. The Hall–Kier alpha value is -2.14. The van der Waals surface area contributed by atoms with Gasteiger partial charge in [-0.25, -0.2) is 4.68 Å². The summed E-state index contributed by atoms with van der Waals surface area (Å²) in [4.78, 5) is 14.6. The first-order chi connectivity index (χ1) is 11.5. The number of hydrogen-bond donors (Lipinski definition) is 1. The highest BCUT2D eigenvalue weighted by molar-refractivity contribution is 5.94. The van der Waals surface area contributed by atoms with Crippen LogP contribution in [0.25, 0.3) is 5.69 Å². The number of aryl methyl sites for hydroxylation is 2. The topological polar surface area (TPSA) is 58.4 Å². The van der Waals surface area contributed by atoms with Crippen LogP contribution in [-0.4, -0.2) is 44.9 Å². The smallest absolute Gasteiger partial charge is 0.253 e. The molecule has 0 aliphatic carbocycles. The molecule has 1 aliphatic heterocycles. The standard InChI is InChI=1S/C19H25N3O2/c1-13-11-14(2)22(20-13)18-8-6-16(7-9-18)19(24)21-10-4-5-17(12-21)15(3)23/h6-9,11,15,17,23H,4-5,10,12H2,1-3H3. The molecule has 5 nitrogen and oxygen atoms in total. The van der Waals surface area contributed by atoms with Gasteiger partial charge in [-0.3, -0.25) is 4.79 Å². The van der Waals surface area contributed by atoms with Crippen molar-refractivity contribution in [2.75, 3.05) is 13.1 Å². The molecule has 1 aromatic heterocycles. The van der Waals surface area contributed by atoms with Crippen molar-refractivity contribution in [2.24, 2.45) is 5.92 Å². The van der Waals surface area contributed by atoms with E-state index in [9.17, 15) is 9.90 Å². The Bertz CT molecular complexity index is 719. The van der Waals surface area contributed by atoms with Gasteiger partial charge < -0.3 is 10.0 Å². The van der Waals surface area contributed by atoms with Gasteiger partial charge in [0.1, 0.15) is 0 Å².